The minimum Gasteiger partial charge on any atom is -0.481 e. The van der Waals surface area contributed by atoms with E-state index in [2.05, 4.69) is 0 Å². The summed E-state index contributed by atoms with van der Waals surface area (Å²) in [5, 5.41) is 8.59. The summed E-state index contributed by atoms with van der Waals surface area (Å²) in [6.45, 7) is 1.57. The Morgan fingerprint density at radius 3 is 2.50 bits per heavy atom. The standard InChI is InChI=1S/C9H15FO2/c1-7(8(11)12)6-9(10)4-2-3-5-9/h7H,2-6H2,1H3,(H,11,12)/t7-/m0/s1. The normalized spacial score (nSPS) is 23.8. The predicted molar refractivity (Wildman–Crippen MR) is 43.7 cm³/mol. The van der Waals surface area contributed by atoms with E-state index in [1.54, 1.807) is 6.92 Å². The fourth-order valence-corrected chi connectivity index (χ4v) is 1.85. The smallest absolute Gasteiger partial charge is 0.306 e. The third-order valence-electron chi connectivity index (χ3n) is 2.59. The zero-order valence-electron chi connectivity index (χ0n) is 7.35. The molecule has 1 atom stereocenters. The van der Waals surface area contributed by atoms with Gasteiger partial charge in [0.25, 0.3) is 0 Å². The first-order chi connectivity index (χ1) is 5.53. The monoisotopic (exact) mass is 174 g/mol. The van der Waals surface area contributed by atoms with E-state index in [9.17, 15) is 9.18 Å². The van der Waals surface area contributed by atoms with E-state index in [-0.39, 0.29) is 6.42 Å². The minimum atomic E-state index is -1.18. The van der Waals surface area contributed by atoms with Crippen LogP contribution in [0.1, 0.15) is 39.0 Å². The number of hydrogen-bond acceptors (Lipinski definition) is 1. The van der Waals surface area contributed by atoms with Crippen molar-refractivity contribution >= 4 is 5.97 Å². The molecular weight excluding hydrogens is 159 g/mol. The molecule has 0 aromatic rings. The molecule has 0 saturated heterocycles. The van der Waals surface area contributed by atoms with E-state index in [1.807, 2.05) is 0 Å². The van der Waals surface area contributed by atoms with E-state index in [0.29, 0.717) is 12.8 Å². The molecule has 0 spiro atoms. The van der Waals surface area contributed by atoms with Gasteiger partial charge in [-0.05, 0) is 19.3 Å². The topological polar surface area (TPSA) is 37.3 Å². The second-order valence-electron chi connectivity index (χ2n) is 3.80. The molecular formula is C9H15FO2. The van der Waals surface area contributed by atoms with Crippen LogP contribution in [0.25, 0.3) is 0 Å². The summed E-state index contributed by atoms with van der Waals surface area (Å²) in [6, 6.07) is 0. The lowest BCUT2D eigenvalue weighted by Crippen LogP contribution is -2.25. The highest BCUT2D eigenvalue weighted by Crippen LogP contribution is 2.38. The summed E-state index contributed by atoms with van der Waals surface area (Å²) in [5.41, 5.74) is -1.18. The van der Waals surface area contributed by atoms with Gasteiger partial charge in [0.05, 0.1) is 5.92 Å². The van der Waals surface area contributed by atoms with Crippen LogP contribution in [-0.4, -0.2) is 16.7 Å². The first-order valence-electron chi connectivity index (χ1n) is 4.45. The van der Waals surface area contributed by atoms with Crippen LogP contribution in [0.15, 0.2) is 0 Å². The zero-order chi connectivity index (χ0) is 9.19. The third kappa shape index (κ3) is 2.19. The fraction of sp³-hybridized carbons (Fsp3) is 0.889. The summed E-state index contributed by atoms with van der Waals surface area (Å²) < 4.78 is 13.7. The number of carboxylic acids is 1. The molecule has 1 aliphatic rings. The number of carboxylic acid groups (broad SMARTS) is 1. The van der Waals surface area contributed by atoms with E-state index in [1.165, 1.54) is 0 Å². The Morgan fingerprint density at radius 2 is 2.08 bits per heavy atom. The van der Waals surface area contributed by atoms with Crippen LogP contribution in [0.3, 0.4) is 0 Å². The van der Waals surface area contributed by atoms with Crippen LogP contribution in [-0.2, 0) is 4.79 Å². The molecule has 1 saturated carbocycles. The Kier molecular flexibility index (Phi) is 2.70. The highest BCUT2D eigenvalue weighted by Gasteiger charge is 2.36. The number of aliphatic carboxylic acids is 1. The van der Waals surface area contributed by atoms with E-state index >= 15 is 0 Å². The van der Waals surface area contributed by atoms with Crippen molar-refractivity contribution in [2.75, 3.05) is 0 Å². The lowest BCUT2D eigenvalue weighted by Gasteiger charge is -2.20. The van der Waals surface area contributed by atoms with E-state index in [4.69, 9.17) is 5.11 Å². The number of hydrogen-bond donors (Lipinski definition) is 1. The van der Waals surface area contributed by atoms with Gasteiger partial charge in [-0.25, -0.2) is 4.39 Å². The van der Waals surface area contributed by atoms with Crippen LogP contribution in [0.4, 0.5) is 4.39 Å². The Hall–Kier alpha value is -0.600. The van der Waals surface area contributed by atoms with Crippen LogP contribution in [0.2, 0.25) is 0 Å². The largest absolute Gasteiger partial charge is 0.481 e. The molecule has 0 radical (unpaired) electrons. The van der Waals surface area contributed by atoms with E-state index < -0.39 is 17.6 Å². The summed E-state index contributed by atoms with van der Waals surface area (Å²) in [7, 11) is 0. The molecule has 0 heterocycles. The summed E-state index contributed by atoms with van der Waals surface area (Å²) in [4.78, 5) is 10.5. The van der Waals surface area contributed by atoms with Crippen LogP contribution in [0, 0.1) is 5.92 Å². The van der Waals surface area contributed by atoms with Gasteiger partial charge < -0.3 is 5.11 Å². The van der Waals surface area contributed by atoms with Crippen molar-refractivity contribution in [2.45, 2.75) is 44.7 Å². The molecule has 0 unspecified atom stereocenters. The Balaban J connectivity index is 2.43. The maximum absolute atomic E-state index is 13.7. The van der Waals surface area contributed by atoms with Gasteiger partial charge in [0.15, 0.2) is 0 Å². The lowest BCUT2D eigenvalue weighted by molar-refractivity contribution is -0.142. The molecule has 0 aromatic carbocycles. The minimum absolute atomic E-state index is 0.183. The van der Waals surface area contributed by atoms with Crippen molar-refractivity contribution in [1.29, 1.82) is 0 Å². The highest BCUT2D eigenvalue weighted by atomic mass is 19.1. The maximum Gasteiger partial charge on any atom is 0.306 e. The number of rotatable bonds is 3. The SMILES string of the molecule is C[C@@H](CC1(F)CCCC1)C(=O)O. The van der Waals surface area contributed by atoms with Gasteiger partial charge >= 0.3 is 5.97 Å². The second kappa shape index (κ2) is 3.42. The molecule has 1 fully saturated rings. The first-order valence-corrected chi connectivity index (χ1v) is 4.45. The molecule has 0 bridgehead atoms. The van der Waals surface area contributed by atoms with Gasteiger partial charge in [0.1, 0.15) is 5.67 Å². The molecule has 1 N–H and O–H groups in total. The average Bonchev–Trinajstić information content (AvgIpc) is 2.35. The molecule has 0 aromatic heterocycles. The van der Waals surface area contributed by atoms with Crippen LogP contribution in [0.5, 0.6) is 0 Å². The molecule has 1 aliphatic carbocycles. The predicted octanol–water partition coefficient (Wildman–Crippen LogP) is 2.38. The molecule has 70 valence electrons. The molecule has 12 heavy (non-hydrogen) atoms. The van der Waals surface area contributed by atoms with E-state index in [0.717, 1.165) is 12.8 Å². The Labute approximate surface area is 71.8 Å². The zero-order valence-corrected chi connectivity index (χ0v) is 7.35. The van der Waals surface area contributed by atoms with Gasteiger partial charge in [-0.2, -0.15) is 0 Å². The van der Waals surface area contributed by atoms with Gasteiger partial charge in [-0.1, -0.05) is 19.8 Å². The Morgan fingerprint density at radius 1 is 1.58 bits per heavy atom. The molecule has 3 heteroatoms. The molecule has 0 amide bonds. The lowest BCUT2D eigenvalue weighted by atomic mass is 9.92. The third-order valence-corrected chi connectivity index (χ3v) is 2.59. The first kappa shape index (κ1) is 9.49. The van der Waals surface area contributed by atoms with Gasteiger partial charge in [0, 0.05) is 0 Å². The maximum atomic E-state index is 13.7. The summed E-state index contributed by atoms with van der Waals surface area (Å²) in [6.07, 6.45) is 3.09. The molecule has 1 rings (SSSR count). The van der Waals surface area contributed by atoms with Crippen molar-refractivity contribution < 1.29 is 14.3 Å². The quantitative estimate of drug-likeness (QED) is 0.713. The van der Waals surface area contributed by atoms with Gasteiger partial charge in [-0.3, -0.25) is 4.79 Å². The van der Waals surface area contributed by atoms with Gasteiger partial charge in [0.2, 0.25) is 0 Å². The average molecular weight is 174 g/mol. The van der Waals surface area contributed by atoms with Crippen LogP contribution < -0.4 is 0 Å². The summed E-state index contributed by atoms with van der Waals surface area (Å²) >= 11 is 0. The molecule has 0 aliphatic heterocycles. The van der Waals surface area contributed by atoms with Crippen molar-refractivity contribution in [1.82, 2.24) is 0 Å². The Bertz CT molecular complexity index is 173. The summed E-state index contributed by atoms with van der Waals surface area (Å²) in [5.74, 6) is -1.44. The van der Waals surface area contributed by atoms with Gasteiger partial charge in [-0.15, -0.1) is 0 Å². The van der Waals surface area contributed by atoms with Crippen molar-refractivity contribution in [3.8, 4) is 0 Å². The van der Waals surface area contributed by atoms with Crippen molar-refractivity contribution in [3.05, 3.63) is 0 Å². The number of halogens is 1. The molecule has 2 nitrogen and oxygen atoms in total. The second-order valence-corrected chi connectivity index (χ2v) is 3.80. The van der Waals surface area contributed by atoms with Crippen molar-refractivity contribution in [2.24, 2.45) is 5.92 Å². The van der Waals surface area contributed by atoms with Crippen molar-refractivity contribution in [3.63, 3.8) is 0 Å². The fourth-order valence-electron chi connectivity index (χ4n) is 1.85. The van der Waals surface area contributed by atoms with Crippen LogP contribution >= 0.6 is 0 Å². The number of alkyl halides is 1. The highest BCUT2D eigenvalue weighted by molar-refractivity contribution is 5.69. The number of carbonyl (C=O) groups is 1.